The van der Waals surface area contributed by atoms with Crippen LogP contribution >= 0.6 is 11.3 Å². The Labute approximate surface area is 168 Å². The SMILES string of the molecule is COCCn1c(=NC(=O)Cc2ccc(S(C)(=O)=O)cc2)sc2cc(C)ccc21. The maximum absolute atomic E-state index is 12.5. The molecule has 0 aliphatic rings. The monoisotopic (exact) mass is 418 g/mol. The molecule has 28 heavy (non-hydrogen) atoms. The number of sulfone groups is 1. The van der Waals surface area contributed by atoms with Crippen LogP contribution in [0.3, 0.4) is 0 Å². The standard InChI is InChI=1S/C20H22N2O4S2/c1-14-4-9-17-18(12-14)27-20(22(17)10-11-26-2)21-19(23)13-15-5-7-16(8-6-15)28(3,24)25/h4-9,12H,10-11,13H2,1-3H3. The number of nitrogens with zero attached hydrogens (tertiary/aromatic N) is 2. The topological polar surface area (TPSA) is 77.7 Å². The van der Waals surface area contributed by atoms with Crippen LogP contribution in [-0.4, -0.2) is 38.9 Å². The minimum Gasteiger partial charge on any atom is -0.383 e. The fraction of sp³-hybridized carbons (Fsp3) is 0.300. The van der Waals surface area contributed by atoms with Gasteiger partial charge >= 0.3 is 0 Å². The minimum atomic E-state index is -3.25. The molecule has 0 unspecified atom stereocenters. The number of aromatic nitrogens is 1. The molecule has 0 radical (unpaired) electrons. The first-order valence-electron chi connectivity index (χ1n) is 8.73. The van der Waals surface area contributed by atoms with Crippen molar-refractivity contribution in [2.24, 2.45) is 4.99 Å². The van der Waals surface area contributed by atoms with Gasteiger partial charge in [0.2, 0.25) is 0 Å². The molecule has 1 aromatic heterocycles. The second-order valence-electron chi connectivity index (χ2n) is 6.60. The fourth-order valence-corrected chi connectivity index (χ4v) is 4.64. The number of thiazole rings is 1. The summed E-state index contributed by atoms with van der Waals surface area (Å²) in [5, 5.41) is 0. The van der Waals surface area contributed by atoms with Gasteiger partial charge in [0, 0.05) is 19.9 Å². The van der Waals surface area contributed by atoms with Crippen molar-refractivity contribution in [1.29, 1.82) is 0 Å². The van der Waals surface area contributed by atoms with Crippen molar-refractivity contribution in [3.63, 3.8) is 0 Å². The Bertz CT molecular complexity index is 1170. The highest BCUT2D eigenvalue weighted by atomic mass is 32.2. The van der Waals surface area contributed by atoms with Gasteiger partial charge < -0.3 is 9.30 Å². The zero-order chi connectivity index (χ0) is 20.3. The highest BCUT2D eigenvalue weighted by Crippen LogP contribution is 2.19. The molecule has 148 valence electrons. The van der Waals surface area contributed by atoms with Crippen LogP contribution in [0.5, 0.6) is 0 Å². The zero-order valence-corrected chi connectivity index (χ0v) is 17.6. The summed E-state index contributed by atoms with van der Waals surface area (Å²) in [5.41, 5.74) is 2.90. The third kappa shape index (κ3) is 4.76. The number of methoxy groups -OCH3 is 1. The summed E-state index contributed by atoms with van der Waals surface area (Å²) in [7, 11) is -1.61. The molecule has 0 fully saturated rings. The van der Waals surface area contributed by atoms with Crippen LogP contribution in [0, 0.1) is 6.92 Å². The summed E-state index contributed by atoms with van der Waals surface area (Å²) in [6.45, 7) is 3.16. The van der Waals surface area contributed by atoms with Gasteiger partial charge in [-0.1, -0.05) is 29.5 Å². The van der Waals surface area contributed by atoms with E-state index in [4.69, 9.17) is 4.74 Å². The van der Waals surface area contributed by atoms with E-state index in [0.29, 0.717) is 18.0 Å². The van der Waals surface area contributed by atoms with Crippen LogP contribution < -0.4 is 4.80 Å². The largest absolute Gasteiger partial charge is 0.383 e. The molecule has 0 N–H and O–H groups in total. The number of hydrogen-bond acceptors (Lipinski definition) is 5. The first-order chi connectivity index (χ1) is 13.3. The van der Waals surface area contributed by atoms with Crippen LogP contribution in [0.1, 0.15) is 11.1 Å². The van der Waals surface area contributed by atoms with Gasteiger partial charge in [-0.3, -0.25) is 4.79 Å². The van der Waals surface area contributed by atoms with E-state index in [2.05, 4.69) is 11.1 Å². The molecule has 1 amide bonds. The molecule has 0 atom stereocenters. The smallest absolute Gasteiger partial charge is 0.252 e. The third-order valence-electron chi connectivity index (χ3n) is 4.28. The van der Waals surface area contributed by atoms with Crippen LogP contribution in [0.15, 0.2) is 52.4 Å². The van der Waals surface area contributed by atoms with E-state index >= 15 is 0 Å². The van der Waals surface area contributed by atoms with E-state index in [1.165, 1.54) is 23.5 Å². The van der Waals surface area contributed by atoms with E-state index in [1.807, 2.05) is 23.6 Å². The lowest BCUT2D eigenvalue weighted by Gasteiger charge is -2.04. The first-order valence-corrected chi connectivity index (χ1v) is 11.4. The lowest BCUT2D eigenvalue weighted by atomic mass is 10.1. The van der Waals surface area contributed by atoms with Crippen molar-refractivity contribution in [1.82, 2.24) is 4.57 Å². The molecular weight excluding hydrogens is 396 g/mol. The summed E-state index contributed by atoms with van der Waals surface area (Å²) >= 11 is 1.47. The van der Waals surface area contributed by atoms with Gasteiger partial charge in [0.05, 0.1) is 28.1 Å². The molecule has 1 heterocycles. The Hall–Kier alpha value is -2.29. The molecule has 0 aliphatic heterocycles. The van der Waals surface area contributed by atoms with Crippen molar-refractivity contribution in [2.75, 3.05) is 20.0 Å². The molecule has 0 aliphatic carbocycles. The van der Waals surface area contributed by atoms with E-state index in [0.717, 1.165) is 27.6 Å². The van der Waals surface area contributed by atoms with Gasteiger partial charge in [-0.05, 0) is 42.3 Å². The van der Waals surface area contributed by atoms with Crippen LogP contribution in [0.2, 0.25) is 0 Å². The Morgan fingerprint density at radius 3 is 2.54 bits per heavy atom. The molecule has 8 heteroatoms. The van der Waals surface area contributed by atoms with Crippen LogP contribution in [0.4, 0.5) is 0 Å². The number of aryl methyl sites for hydroxylation is 1. The van der Waals surface area contributed by atoms with Gasteiger partial charge in [-0.15, -0.1) is 0 Å². The number of carbonyl (C=O) groups excluding carboxylic acids is 1. The molecular formula is C20H22N2O4S2. The van der Waals surface area contributed by atoms with Crippen molar-refractivity contribution >= 4 is 37.3 Å². The van der Waals surface area contributed by atoms with Crippen LogP contribution in [0.25, 0.3) is 10.2 Å². The van der Waals surface area contributed by atoms with Gasteiger partial charge in [0.15, 0.2) is 14.6 Å². The maximum atomic E-state index is 12.5. The summed E-state index contributed by atoms with van der Waals surface area (Å²) < 4.78 is 31.3. The average Bonchev–Trinajstić information content (AvgIpc) is 2.95. The van der Waals surface area contributed by atoms with E-state index in [1.54, 1.807) is 19.2 Å². The highest BCUT2D eigenvalue weighted by molar-refractivity contribution is 7.90. The third-order valence-corrected chi connectivity index (χ3v) is 6.45. The molecule has 0 saturated carbocycles. The Balaban J connectivity index is 1.91. The average molecular weight is 419 g/mol. The molecule has 2 aromatic carbocycles. The van der Waals surface area contributed by atoms with E-state index in [-0.39, 0.29) is 17.2 Å². The molecule has 0 saturated heterocycles. The fourth-order valence-electron chi connectivity index (χ4n) is 2.84. The second-order valence-corrected chi connectivity index (χ2v) is 9.62. The van der Waals surface area contributed by atoms with Crippen molar-refractivity contribution in [3.05, 3.63) is 58.4 Å². The van der Waals surface area contributed by atoms with Crippen LogP contribution in [-0.2, 0) is 32.3 Å². The van der Waals surface area contributed by atoms with Gasteiger partial charge in [0.25, 0.3) is 5.91 Å². The molecule has 0 spiro atoms. The number of carbonyl (C=O) groups is 1. The molecule has 3 rings (SSSR count). The Kier molecular flexibility index (Phi) is 6.12. The summed E-state index contributed by atoms with van der Waals surface area (Å²) in [4.78, 5) is 17.7. The second kappa shape index (κ2) is 8.38. The number of rotatable bonds is 6. The minimum absolute atomic E-state index is 0.113. The van der Waals surface area contributed by atoms with Crippen molar-refractivity contribution in [2.45, 2.75) is 24.8 Å². The van der Waals surface area contributed by atoms with E-state index < -0.39 is 9.84 Å². The maximum Gasteiger partial charge on any atom is 0.252 e. The number of ether oxygens (including phenoxy) is 1. The Morgan fingerprint density at radius 1 is 1.18 bits per heavy atom. The normalized spacial score (nSPS) is 12.6. The number of benzene rings is 2. The predicted molar refractivity (Wildman–Crippen MR) is 110 cm³/mol. The van der Waals surface area contributed by atoms with Gasteiger partial charge in [-0.2, -0.15) is 4.99 Å². The van der Waals surface area contributed by atoms with E-state index in [9.17, 15) is 13.2 Å². The molecule has 0 bridgehead atoms. The summed E-state index contributed by atoms with van der Waals surface area (Å²) in [5.74, 6) is -0.276. The number of fused-ring (bicyclic) bond motifs is 1. The van der Waals surface area contributed by atoms with Crippen molar-refractivity contribution < 1.29 is 17.9 Å². The van der Waals surface area contributed by atoms with Gasteiger partial charge in [-0.25, -0.2) is 8.42 Å². The molecule has 3 aromatic rings. The lowest BCUT2D eigenvalue weighted by molar-refractivity contribution is -0.117. The lowest BCUT2D eigenvalue weighted by Crippen LogP contribution is -2.19. The van der Waals surface area contributed by atoms with Gasteiger partial charge in [0.1, 0.15) is 0 Å². The molecule has 6 nitrogen and oxygen atoms in total. The quantitative estimate of drug-likeness (QED) is 0.617. The first kappa shape index (κ1) is 20.4. The summed E-state index contributed by atoms with van der Waals surface area (Å²) in [6.07, 6.45) is 1.27. The number of hydrogen-bond donors (Lipinski definition) is 0. The zero-order valence-electron chi connectivity index (χ0n) is 16.0. The highest BCUT2D eigenvalue weighted by Gasteiger charge is 2.10. The predicted octanol–water partition coefficient (Wildman–Crippen LogP) is 2.73. The number of amides is 1. The Morgan fingerprint density at radius 2 is 1.89 bits per heavy atom. The summed E-state index contributed by atoms with van der Waals surface area (Å²) in [6, 6.07) is 12.5. The van der Waals surface area contributed by atoms with Crippen molar-refractivity contribution in [3.8, 4) is 0 Å².